The van der Waals surface area contributed by atoms with Gasteiger partial charge in [-0.3, -0.25) is 4.98 Å². The van der Waals surface area contributed by atoms with E-state index < -0.39 is 0 Å². The van der Waals surface area contributed by atoms with Gasteiger partial charge >= 0.3 is 0 Å². The first-order chi connectivity index (χ1) is 9.22. The van der Waals surface area contributed by atoms with Gasteiger partial charge < -0.3 is 15.1 Å². The molecule has 0 aliphatic carbocycles. The predicted octanol–water partition coefficient (Wildman–Crippen LogP) is 1.44. The minimum atomic E-state index is 0.857. The molecule has 0 radical (unpaired) electrons. The summed E-state index contributed by atoms with van der Waals surface area (Å²) in [6, 6.07) is 6.04. The van der Waals surface area contributed by atoms with Crippen molar-refractivity contribution in [3.63, 3.8) is 0 Å². The Morgan fingerprint density at radius 2 is 2.00 bits per heavy atom. The summed E-state index contributed by atoms with van der Waals surface area (Å²) in [5.41, 5.74) is 1.11. The molecule has 4 nitrogen and oxygen atoms in total. The standard InChI is InChI=1S/C15H28N4/c1-4-19(12-7-11-18(2)3)13-10-16-14-15-8-5-6-9-17-15/h5-6,8-9,16H,4,7,10-14H2,1-3H3. The van der Waals surface area contributed by atoms with Gasteiger partial charge in [-0.15, -0.1) is 0 Å². The van der Waals surface area contributed by atoms with E-state index in [0.717, 1.165) is 38.4 Å². The summed E-state index contributed by atoms with van der Waals surface area (Å²) >= 11 is 0. The van der Waals surface area contributed by atoms with Gasteiger partial charge in [0.25, 0.3) is 0 Å². The molecule has 1 aromatic rings. The molecule has 1 rings (SSSR count). The lowest BCUT2D eigenvalue weighted by Gasteiger charge is -2.21. The average molecular weight is 264 g/mol. The molecule has 1 heterocycles. The van der Waals surface area contributed by atoms with Gasteiger partial charge in [0.15, 0.2) is 0 Å². The topological polar surface area (TPSA) is 31.4 Å². The molecule has 1 N–H and O–H groups in total. The van der Waals surface area contributed by atoms with Crippen molar-refractivity contribution in [2.45, 2.75) is 19.9 Å². The van der Waals surface area contributed by atoms with Crippen LogP contribution in [-0.4, -0.2) is 61.6 Å². The van der Waals surface area contributed by atoms with Gasteiger partial charge in [0, 0.05) is 25.8 Å². The summed E-state index contributed by atoms with van der Waals surface area (Å²) in [4.78, 5) is 9.04. The quantitative estimate of drug-likeness (QED) is 0.648. The van der Waals surface area contributed by atoms with E-state index in [1.54, 1.807) is 0 Å². The Labute approximate surface area is 117 Å². The van der Waals surface area contributed by atoms with Crippen molar-refractivity contribution in [3.8, 4) is 0 Å². The lowest BCUT2D eigenvalue weighted by atomic mass is 10.3. The normalized spacial score (nSPS) is 11.4. The van der Waals surface area contributed by atoms with Crippen molar-refractivity contribution in [3.05, 3.63) is 30.1 Å². The van der Waals surface area contributed by atoms with Gasteiger partial charge in [-0.25, -0.2) is 0 Å². The van der Waals surface area contributed by atoms with Gasteiger partial charge in [-0.05, 0) is 52.3 Å². The van der Waals surface area contributed by atoms with Crippen molar-refractivity contribution in [1.29, 1.82) is 0 Å². The van der Waals surface area contributed by atoms with Crippen LogP contribution >= 0.6 is 0 Å². The smallest absolute Gasteiger partial charge is 0.0541 e. The minimum absolute atomic E-state index is 0.857. The number of aromatic nitrogens is 1. The molecule has 0 aliphatic heterocycles. The highest BCUT2D eigenvalue weighted by molar-refractivity contribution is 5.02. The minimum Gasteiger partial charge on any atom is -0.310 e. The zero-order valence-electron chi connectivity index (χ0n) is 12.6. The Kier molecular flexibility index (Phi) is 8.38. The number of hydrogen-bond donors (Lipinski definition) is 1. The molecule has 0 spiro atoms. The molecule has 0 bridgehead atoms. The van der Waals surface area contributed by atoms with Crippen LogP contribution in [0.4, 0.5) is 0 Å². The Bertz CT molecular complexity index is 313. The van der Waals surface area contributed by atoms with E-state index in [1.807, 2.05) is 18.3 Å². The van der Waals surface area contributed by atoms with Crippen LogP contribution in [0.1, 0.15) is 19.0 Å². The SMILES string of the molecule is CCN(CCCN(C)C)CCNCc1ccccn1. The van der Waals surface area contributed by atoms with E-state index in [-0.39, 0.29) is 0 Å². The zero-order valence-corrected chi connectivity index (χ0v) is 12.6. The number of nitrogens with zero attached hydrogens (tertiary/aromatic N) is 3. The Hall–Kier alpha value is -0.970. The fourth-order valence-corrected chi connectivity index (χ4v) is 1.99. The third-order valence-electron chi connectivity index (χ3n) is 3.16. The van der Waals surface area contributed by atoms with Crippen molar-refractivity contribution in [1.82, 2.24) is 20.1 Å². The van der Waals surface area contributed by atoms with Gasteiger partial charge in [-0.1, -0.05) is 13.0 Å². The maximum Gasteiger partial charge on any atom is 0.0541 e. The van der Waals surface area contributed by atoms with Crippen LogP contribution in [0.25, 0.3) is 0 Å². The molecule has 0 atom stereocenters. The first-order valence-corrected chi connectivity index (χ1v) is 7.20. The largest absolute Gasteiger partial charge is 0.310 e. The molecule has 0 fully saturated rings. The van der Waals surface area contributed by atoms with Crippen molar-refractivity contribution >= 4 is 0 Å². The van der Waals surface area contributed by atoms with Crippen LogP contribution in [0.5, 0.6) is 0 Å². The molecule has 0 saturated heterocycles. The van der Waals surface area contributed by atoms with E-state index >= 15 is 0 Å². The summed E-state index contributed by atoms with van der Waals surface area (Å²) in [5, 5.41) is 3.45. The maximum atomic E-state index is 4.30. The van der Waals surface area contributed by atoms with Gasteiger partial charge in [0.1, 0.15) is 0 Å². The average Bonchev–Trinajstić information content (AvgIpc) is 2.42. The molecule has 4 heteroatoms. The maximum absolute atomic E-state index is 4.30. The van der Waals surface area contributed by atoms with Gasteiger partial charge in [-0.2, -0.15) is 0 Å². The lowest BCUT2D eigenvalue weighted by molar-refractivity contribution is 0.265. The fourth-order valence-electron chi connectivity index (χ4n) is 1.99. The van der Waals surface area contributed by atoms with Gasteiger partial charge in [0.2, 0.25) is 0 Å². The van der Waals surface area contributed by atoms with Gasteiger partial charge in [0.05, 0.1) is 5.69 Å². The van der Waals surface area contributed by atoms with Crippen LogP contribution in [0.3, 0.4) is 0 Å². The van der Waals surface area contributed by atoms with E-state index in [2.05, 4.69) is 47.2 Å². The first kappa shape index (κ1) is 16.1. The Balaban J connectivity index is 2.09. The van der Waals surface area contributed by atoms with E-state index in [4.69, 9.17) is 0 Å². The molecule has 0 aliphatic rings. The van der Waals surface area contributed by atoms with Crippen LogP contribution in [0, 0.1) is 0 Å². The second kappa shape index (κ2) is 9.89. The molecule has 19 heavy (non-hydrogen) atoms. The summed E-state index contributed by atoms with van der Waals surface area (Å²) in [7, 11) is 4.26. The molecule has 108 valence electrons. The number of likely N-dealkylation sites (N-methyl/N-ethyl adjacent to an activating group) is 1. The van der Waals surface area contributed by atoms with E-state index in [0.29, 0.717) is 0 Å². The predicted molar refractivity (Wildman–Crippen MR) is 81.2 cm³/mol. The molecule has 0 amide bonds. The second-order valence-corrected chi connectivity index (χ2v) is 5.09. The number of hydrogen-bond acceptors (Lipinski definition) is 4. The van der Waals surface area contributed by atoms with Crippen molar-refractivity contribution < 1.29 is 0 Å². The Morgan fingerprint density at radius 1 is 1.16 bits per heavy atom. The molecular weight excluding hydrogens is 236 g/mol. The van der Waals surface area contributed by atoms with Crippen LogP contribution in [0.15, 0.2) is 24.4 Å². The van der Waals surface area contributed by atoms with Crippen molar-refractivity contribution in [2.75, 3.05) is 46.8 Å². The summed E-state index contributed by atoms with van der Waals surface area (Å²) in [6.07, 6.45) is 3.08. The number of nitrogens with one attached hydrogen (secondary N) is 1. The van der Waals surface area contributed by atoms with E-state index in [1.165, 1.54) is 13.0 Å². The van der Waals surface area contributed by atoms with Crippen molar-refractivity contribution in [2.24, 2.45) is 0 Å². The second-order valence-electron chi connectivity index (χ2n) is 5.09. The number of rotatable bonds is 10. The molecular formula is C15H28N4. The third kappa shape index (κ3) is 7.93. The first-order valence-electron chi connectivity index (χ1n) is 7.20. The highest BCUT2D eigenvalue weighted by atomic mass is 15.1. The summed E-state index contributed by atoms with van der Waals surface area (Å²) in [5.74, 6) is 0. The lowest BCUT2D eigenvalue weighted by Crippen LogP contribution is -2.33. The third-order valence-corrected chi connectivity index (χ3v) is 3.16. The number of pyridine rings is 1. The molecule has 1 aromatic heterocycles. The van der Waals surface area contributed by atoms with E-state index in [9.17, 15) is 0 Å². The molecule has 0 unspecified atom stereocenters. The zero-order chi connectivity index (χ0) is 13.9. The van der Waals surface area contributed by atoms with Crippen LogP contribution in [-0.2, 0) is 6.54 Å². The van der Waals surface area contributed by atoms with Crippen LogP contribution < -0.4 is 5.32 Å². The van der Waals surface area contributed by atoms with Crippen LogP contribution in [0.2, 0.25) is 0 Å². The summed E-state index contributed by atoms with van der Waals surface area (Å²) in [6.45, 7) is 8.68. The molecule has 0 saturated carbocycles. The fraction of sp³-hybridized carbons (Fsp3) is 0.667. The Morgan fingerprint density at radius 3 is 2.63 bits per heavy atom. The summed E-state index contributed by atoms with van der Waals surface area (Å²) < 4.78 is 0. The monoisotopic (exact) mass is 264 g/mol. The highest BCUT2D eigenvalue weighted by Gasteiger charge is 2.02. The molecule has 0 aromatic carbocycles. The highest BCUT2D eigenvalue weighted by Crippen LogP contribution is 1.94.